The summed E-state index contributed by atoms with van der Waals surface area (Å²) < 4.78 is 31.6. The van der Waals surface area contributed by atoms with Crippen LogP contribution in [0.25, 0.3) is 11.1 Å². The van der Waals surface area contributed by atoms with Gasteiger partial charge in [0.05, 0.1) is 6.61 Å². The fourth-order valence-electron chi connectivity index (χ4n) is 2.05. The van der Waals surface area contributed by atoms with Gasteiger partial charge in [-0.3, -0.25) is 0 Å². The molecule has 0 saturated heterocycles. The Morgan fingerprint density at radius 2 is 1.89 bits per heavy atom. The van der Waals surface area contributed by atoms with Crippen LogP contribution in [0.3, 0.4) is 0 Å². The number of hydrogen-bond acceptors (Lipinski definition) is 1. The van der Waals surface area contributed by atoms with Crippen LogP contribution in [0.4, 0.5) is 8.78 Å². The van der Waals surface area contributed by atoms with Gasteiger partial charge in [-0.2, -0.15) is 0 Å². The van der Waals surface area contributed by atoms with E-state index in [-0.39, 0.29) is 5.56 Å². The minimum atomic E-state index is -2.52. The van der Waals surface area contributed by atoms with Crippen LogP contribution in [0.2, 0.25) is 0 Å². The second-order valence-electron chi connectivity index (χ2n) is 4.35. The summed E-state index contributed by atoms with van der Waals surface area (Å²) in [5.74, 6) is 0.481. The van der Waals surface area contributed by atoms with Crippen molar-refractivity contribution in [2.75, 3.05) is 6.61 Å². The molecule has 0 fully saturated rings. The molecule has 3 heteroatoms. The number of rotatable bonds is 4. The Morgan fingerprint density at radius 3 is 2.53 bits per heavy atom. The molecule has 0 aliphatic heterocycles. The average molecular weight is 262 g/mol. The van der Waals surface area contributed by atoms with E-state index in [0.29, 0.717) is 17.9 Å². The Bertz CT molecular complexity index is 564. The van der Waals surface area contributed by atoms with E-state index in [4.69, 9.17) is 4.74 Å². The number of aryl methyl sites for hydroxylation is 1. The zero-order valence-corrected chi connectivity index (χ0v) is 11.0. The molecule has 0 bridgehead atoms. The summed E-state index contributed by atoms with van der Waals surface area (Å²) >= 11 is 0. The van der Waals surface area contributed by atoms with E-state index < -0.39 is 6.43 Å². The Kier molecular flexibility index (Phi) is 4.15. The second-order valence-corrected chi connectivity index (χ2v) is 4.35. The maximum Gasteiger partial charge on any atom is 0.264 e. The van der Waals surface area contributed by atoms with E-state index in [9.17, 15) is 8.78 Å². The summed E-state index contributed by atoms with van der Waals surface area (Å²) in [4.78, 5) is 0. The topological polar surface area (TPSA) is 9.23 Å². The van der Waals surface area contributed by atoms with Crippen LogP contribution in [0.15, 0.2) is 42.5 Å². The molecule has 0 amide bonds. The highest BCUT2D eigenvalue weighted by Crippen LogP contribution is 2.34. The van der Waals surface area contributed by atoms with Crippen molar-refractivity contribution in [3.8, 4) is 16.9 Å². The Balaban J connectivity index is 2.50. The van der Waals surface area contributed by atoms with Gasteiger partial charge in [0.25, 0.3) is 6.43 Å². The van der Waals surface area contributed by atoms with Crippen molar-refractivity contribution < 1.29 is 13.5 Å². The summed E-state index contributed by atoms with van der Waals surface area (Å²) in [7, 11) is 0. The lowest BCUT2D eigenvalue weighted by molar-refractivity contribution is 0.151. The number of benzene rings is 2. The van der Waals surface area contributed by atoms with Gasteiger partial charge in [-0.25, -0.2) is 8.78 Å². The molecule has 0 aliphatic carbocycles. The van der Waals surface area contributed by atoms with Crippen molar-refractivity contribution >= 4 is 0 Å². The molecule has 100 valence electrons. The van der Waals surface area contributed by atoms with Gasteiger partial charge < -0.3 is 4.74 Å². The van der Waals surface area contributed by atoms with Crippen molar-refractivity contribution in [3.05, 3.63) is 53.6 Å². The minimum Gasteiger partial charge on any atom is -0.494 e. The third-order valence-electron chi connectivity index (χ3n) is 2.90. The van der Waals surface area contributed by atoms with Gasteiger partial charge >= 0.3 is 0 Å². The summed E-state index contributed by atoms with van der Waals surface area (Å²) in [6, 6.07) is 12.4. The van der Waals surface area contributed by atoms with Crippen molar-refractivity contribution in [2.45, 2.75) is 20.3 Å². The normalized spacial score (nSPS) is 10.8. The molecule has 0 N–H and O–H groups in total. The van der Waals surface area contributed by atoms with Gasteiger partial charge in [0.1, 0.15) is 5.75 Å². The lowest BCUT2D eigenvalue weighted by Gasteiger charge is -2.12. The molecule has 0 unspecified atom stereocenters. The molecule has 0 aliphatic rings. The molecule has 1 nitrogen and oxygen atoms in total. The predicted molar refractivity (Wildman–Crippen MR) is 72.7 cm³/mol. The second kappa shape index (κ2) is 5.83. The first-order valence-corrected chi connectivity index (χ1v) is 6.23. The molecule has 0 atom stereocenters. The first-order chi connectivity index (χ1) is 9.11. The van der Waals surface area contributed by atoms with Gasteiger partial charge in [0.2, 0.25) is 0 Å². The smallest absolute Gasteiger partial charge is 0.264 e. The Morgan fingerprint density at radius 1 is 1.11 bits per heavy atom. The third-order valence-corrected chi connectivity index (χ3v) is 2.90. The summed E-state index contributed by atoms with van der Waals surface area (Å²) in [6.07, 6.45) is -2.52. The van der Waals surface area contributed by atoms with Crippen molar-refractivity contribution in [1.82, 2.24) is 0 Å². The first kappa shape index (κ1) is 13.5. The lowest BCUT2D eigenvalue weighted by atomic mass is 9.98. The highest BCUT2D eigenvalue weighted by molar-refractivity contribution is 5.69. The Labute approximate surface area is 111 Å². The maximum absolute atomic E-state index is 13.2. The minimum absolute atomic E-state index is 0.0107. The van der Waals surface area contributed by atoms with E-state index in [2.05, 4.69) is 0 Å². The van der Waals surface area contributed by atoms with Gasteiger partial charge in [0.15, 0.2) is 0 Å². The fourth-order valence-corrected chi connectivity index (χ4v) is 2.05. The zero-order valence-electron chi connectivity index (χ0n) is 11.0. The molecule has 0 spiro atoms. The number of ether oxygens (including phenoxy) is 1. The van der Waals surface area contributed by atoms with Crippen LogP contribution in [-0.4, -0.2) is 6.61 Å². The molecule has 2 aromatic rings. The van der Waals surface area contributed by atoms with Crippen molar-refractivity contribution in [3.63, 3.8) is 0 Å². The highest BCUT2D eigenvalue weighted by atomic mass is 19.3. The largest absolute Gasteiger partial charge is 0.494 e. The van der Waals surface area contributed by atoms with Crippen LogP contribution in [0.5, 0.6) is 5.75 Å². The number of hydrogen-bond donors (Lipinski definition) is 0. The van der Waals surface area contributed by atoms with Crippen LogP contribution in [0, 0.1) is 6.92 Å². The number of halogens is 2. The zero-order chi connectivity index (χ0) is 13.8. The van der Waals surface area contributed by atoms with Crippen LogP contribution in [-0.2, 0) is 0 Å². The van der Waals surface area contributed by atoms with E-state index in [1.807, 2.05) is 38.1 Å². The van der Waals surface area contributed by atoms with Gasteiger partial charge in [-0.1, -0.05) is 35.9 Å². The maximum atomic E-state index is 13.2. The summed E-state index contributed by atoms with van der Waals surface area (Å²) in [5.41, 5.74) is 2.42. The van der Waals surface area contributed by atoms with Crippen LogP contribution >= 0.6 is 0 Å². The van der Waals surface area contributed by atoms with Crippen LogP contribution < -0.4 is 4.74 Å². The van der Waals surface area contributed by atoms with Crippen molar-refractivity contribution in [1.29, 1.82) is 0 Å². The average Bonchev–Trinajstić information content (AvgIpc) is 2.39. The fraction of sp³-hybridized carbons (Fsp3) is 0.250. The number of alkyl halides is 2. The summed E-state index contributed by atoms with van der Waals surface area (Å²) in [5, 5.41) is 0. The van der Waals surface area contributed by atoms with E-state index in [1.165, 1.54) is 6.07 Å². The third kappa shape index (κ3) is 3.11. The molecule has 0 aromatic heterocycles. The quantitative estimate of drug-likeness (QED) is 0.753. The van der Waals surface area contributed by atoms with E-state index >= 15 is 0 Å². The van der Waals surface area contributed by atoms with Gasteiger partial charge in [0, 0.05) is 5.56 Å². The van der Waals surface area contributed by atoms with Gasteiger partial charge in [-0.15, -0.1) is 0 Å². The van der Waals surface area contributed by atoms with Crippen LogP contribution in [0.1, 0.15) is 24.5 Å². The SMILES string of the molecule is CCOc1ccc(-c2cccc(C)c2)c(C(F)F)c1. The Hall–Kier alpha value is -1.90. The van der Waals surface area contributed by atoms with Crippen molar-refractivity contribution in [2.24, 2.45) is 0 Å². The molecule has 2 aromatic carbocycles. The molecular weight excluding hydrogens is 246 g/mol. The molecule has 0 heterocycles. The van der Waals surface area contributed by atoms with E-state index in [1.54, 1.807) is 12.1 Å². The molecule has 0 saturated carbocycles. The monoisotopic (exact) mass is 262 g/mol. The standard InChI is InChI=1S/C16H16F2O/c1-3-19-13-7-8-14(15(10-13)16(17)18)12-6-4-5-11(2)9-12/h4-10,16H,3H2,1-2H3. The van der Waals surface area contributed by atoms with E-state index in [0.717, 1.165) is 11.1 Å². The summed E-state index contributed by atoms with van der Waals surface area (Å²) in [6.45, 7) is 4.24. The molecule has 19 heavy (non-hydrogen) atoms. The highest BCUT2D eigenvalue weighted by Gasteiger charge is 2.15. The molecular formula is C16H16F2O. The predicted octanol–water partition coefficient (Wildman–Crippen LogP) is 5.00. The lowest BCUT2D eigenvalue weighted by Crippen LogP contribution is -1.96. The molecule has 2 rings (SSSR count). The molecule has 0 radical (unpaired) electrons. The first-order valence-electron chi connectivity index (χ1n) is 6.23. The van der Waals surface area contributed by atoms with Gasteiger partial charge in [-0.05, 0) is 37.1 Å².